The molecular weight excluding hydrogens is 444 g/mol. The van der Waals surface area contributed by atoms with E-state index in [0.29, 0.717) is 33.9 Å². The molecule has 6 aromatic heterocycles. The molecule has 0 unspecified atom stereocenters. The van der Waals surface area contributed by atoms with Gasteiger partial charge in [-0.25, -0.2) is 9.97 Å². The minimum absolute atomic E-state index is 0.0707. The van der Waals surface area contributed by atoms with Gasteiger partial charge in [-0.1, -0.05) is 13.8 Å². The number of carbonyl (C=O) groups is 1. The average Bonchev–Trinajstić information content (AvgIpc) is 3.62. The van der Waals surface area contributed by atoms with Gasteiger partial charge in [-0.3, -0.25) is 19.9 Å². The second-order valence-corrected chi connectivity index (χ2v) is 8.42. The van der Waals surface area contributed by atoms with E-state index < -0.39 is 0 Å². The standard InChI is InChI=1S/C25H20N8O2/c1-13(2)25(34)28-16-9-15(10-26-11-16)17-3-4-19-22(29-17)23(33-32-19)24-30-18-5-7-27-20(21(18)31-24)14-6-8-35-12-14/h3-13H,1-2H3,(H,28,34)(H,30,31)(H,32,33). The number of furan rings is 1. The van der Waals surface area contributed by atoms with E-state index in [4.69, 9.17) is 14.4 Å². The van der Waals surface area contributed by atoms with Crippen LogP contribution in [0.4, 0.5) is 5.69 Å². The highest BCUT2D eigenvalue weighted by molar-refractivity contribution is 5.95. The summed E-state index contributed by atoms with van der Waals surface area (Å²) in [6.07, 6.45) is 8.30. The van der Waals surface area contributed by atoms with Crippen molar-refractivity contribution in [3.8, 4) is 34.0 Å². The van der Waals surface area contributed by atoms with Gasteiger partial charge >= 0.3 is 0 Å². The molecule has 0 saturated carbocycles. The molecule has 0 spiro atoms. The first-order valence-corrected chi connectivity index (χ1v) is 11.1. The molecule has 0 aromatic carbocycles. The second kappa shape index (κ2) is 8.17. The molecule has 35 heavy (non-hydrogen) atoms. The number of nitrogens with one attached hydrogen (secondary N) is 3. The highest BCUT2D eigenvalue weighted by atomic mass is 16.3. The fraction of sp³-hybridized carbons (Fsp3) is 0.120. The highest BCUT2D eigenvalue weighted by Crippen LogP contribution is 2.31. The van der Waals surface area contributed by atoms with Crippen LogP contribution in [0, 0.1) is 5.92 Å². The number of carbonyl (C=O) groups excluding carboxylic acids is 1. The summed E-state index contributed by atoms with van der Waals surface area (Å²) in [5.74, 6) is 0.373. The Labute approximate surface area is 198 Å². The van der Waals surface area contributed by atoms with Gasteiger partial charge in [0.05, 0.1) is 41.1 Å². The molecular formula is C25H20N8O2. The van der Waals surface area contributed by atoms with E-state index in [-0.39, 0.29) is 11.8 Å². The number of fused-ring (bicyclic) bond motifs is 2. The van der Waals surface area contributed by atoms with Crippen LogP contribution in [0.1, 0.15) is 13.8 Å². The number of rotatable bonds is 5. The molecule has 6 heterocycles. The first-order chi connectivity index (χ1) is 17.1. The molecule has 10 heteroatoms. The molecule has 10 nitrogen and oxygen atoms in total. The molecule has 0 radical (unpaired) electrons. The first kappa shape index (κ1) is 20.7. The number of H-pyrrole nitrogens is 2. The fourth-order valence-electron chi connectivity index (χ4n) is 3.82. The lowest BCUT2D eigenvalue weighted by molar-refractivity contribution is -0.118. The minimum atomic E-state index is -0.130. The van der Waals surface area contributed by atoms with Crippen molar-refractivity contribution < 1.29 is 9.21 Å². The van der Waals surface area contributed by atoms with Crippen molar-refractivity contribution in [2.75, 3.05) is 5.32 Å². The van der Waals surface area contributed by atoms with Crippen LogP contribution in [-0.4, -0.2) is 41.0 Å². The third kappa shape index (κ3) is 3.70. The van der Waals surface area contributed by atoms with Crippen LogP contribution in [-0.2, 0) is 4.79 Å². The van der Waals surface area contributed by atoms with Crippen molar-refractivity contribution in [2.24, 2.45) is 5.92 Å². The number of pyridine rings is 3. The number of hydrogen-bond donors (Lipinski definition) is 3. The Morgan fingerprint density at radius 2 is 1.89 bits per heavy atom. The van der Waals surface area contributed by atoms with E-state index >= 15 is 0 Å². The zero-order chi connectivity index (χ0) is 23.9. The molecule has 0 aliphatic carbocycles. The van der Waals surface area contributed by atoms with Crippen LogP contribution in [0.5, 0.6) is 0 Å². The first-order valence-electron chi connectivity index (χ1n) is 11.1. The fourth-order valence-corrected chi connectivity index (χ4v) is 3.82. The summed E-state index contributed by atoms with van der Waals surface area (Å²) in [6.45, 7) is 3.68. The number of anilines is 1. The number of aromatic nitrogens is 7. The van der Waals surface area contributed by atoms with Gasteiger partial charge in [-0.05, 0) is 30.3 Å². The van der Waals surface area contributed by atoms with Crippen molar-refractivity contribution in [3.63, 3.8) is 0 Å². The third-order valence-corrected chi connectivity index (χ3v) is 5.65. The summed E-state index contributed by atoms with van der Waals surface area (Å²) in [5, 5.41) is 10.4. The van der Waals surface area contributed by atoms with Gasteiger partial charge < -0.3 is 14.7 Å². The Kier molecular flexibility index (Phi) is 4.84. The van der Waals surface area contributed by atoms with Crippen molar-refractivity contribution in [1.82, 2.24) is 35.1 Å². The zero-order valence-electron chi connectivity index (χ0n) is 18.9. The molecule has 6 rings (SSSR count). The Balaban J connectivity index is 1.41. The molecule has 0 aliphatic heterocycles. The topological polar surface area (TPSA) is 138 Å². The SMILES string of the molecule is CC(C)C(=O)Nc1cncc(-c2ccc3[nH]nc(-c4nc5c(-c6ccoc6)nccc5[nH]4)c3n2)c1. The molecule has 1 amide bonds. The molecule has 0 saturated heterocycles. The molecule has 6 aromatic rings. The summed E-state index contributed by atoms with van der Waals surface area (Å²) < 4.78 is 5.22. The molecule has 0 atom stereocenters. The third-order valence-electron chi connectivity index (χ3n) is 5.65. The van der Waals surface area contributed by atoms with E-state index in [9.17, 15) is 4.79 Å². The van der Waals surface area contributed by atoms with E-state index in [1.165, 1.54) is 0 Å². The van der Waals surface area contributed by atoms with E-state index in [2.05, 4.69) is 30.5 Å². The summed E-state index contributed by atoms with van der Waals surface area (Å²) in [5.41, 5.74) is 7.23. The Bertz CT molecular complexity index is 1680. The summed E-state index contributed by atoms with van der Waals surface area (Å²) in [4.78, 5) is 33.8. The largest absolute Gasteiger partial charge is 0.472 e. The van der Waals surface area contributed by atoms with Gasteiger partial charge in [0.1, 0.15) is 16.7 Å². The molecule has 0 bridgehead atoms. The smallest absolute Gasteiger partial charge is 0.226 e. The van der Waals surface area contributed by atoms with Crippen LogP contribution < -0.4 is 5.32 Å². The van der Waals surface area contributed by atoms with Gasteiger partial charge in [-0.15, -0.1) is 0 Å². The monoisotopic (exact) mass is 464 g/mol. The lowest BCUT2D eigenvalue weighted by Crippen LogP contribution is -2.17. The van der Waals surface area contributed by atoms with Gasteiger partial charge in [-0.2, -0.15) is 5.10 Å². The molecule has 3 N–H and O–H groups in total. The van der Waals surface area contributed by atoms with Gasteiger partial charge in [0, 0.05) is 29.4 Å². The van der Waals surface area contributed by atoms with E-state index in [1.54, 1.807) is 31.1 Å². The Morgan fingerprint density at radius 3 is 2.71 bits per heavy atom. The summed E-state index contributed by atoms with van der Waals surface area (Å²) in [7, 11) is 0. The number of amides is 1. The number of hydrogen-bond acceptors (Lipinski definition) is 7. The van der Waals surface area contributed by atoms with Crippen molar-refractivity contribution >= 4 is 33.7 Å². The van der Waals surface area contributed by atoms with Crippen molar-refractivity contribution in [1.29, 1.82) is 0 Å². The Morgan fingerprint density at radius 1 is 1.00 bits per heavy atom. The zero-order valence-corrected chi connectivity index (χ0v) is 18.9. The average molecular weight is 464 g/mol. The van der Waals surface area contributed by atoms with Gasteiger partial charge in [0.25, 0.3) is 0 Å². The second-order valence-electron chi connectivity index (χ2n) is 8.42. The Hall–Kier alpha value is -4.86. The number of imidazole rings is 1. The normalized spacial score (nSPS) is 11.5. The lowest BCUT2D eigenvalue weighted by atomic mass is 10.1. The maximum Gasteiger partial charge on any atom is 0.226 e. The number of aromatic amines is 2. The quantitative estimate of drug-likeness (QED) is 0.333. The van der Waals surface area contributed by atoms with Crippen LogP contribution in [0.25, 0.3) is 56.1 Å². The summed E-state index contributed by atoms with van der Waals surface area (Å²) in [6, 6.07) is 9.36. The lowest BCUT2D eigenvalue weighted by Gasteiger charge is -2.08. The van der Waals surface area contributed by atoms with Gasteiger partial charge in [0.15, 0.2) is 11.5 Å². The van der Waals surface area contributed by atoms with Crippen molar-refractivity contribution in [3.05, 3.63) is 61.4 Å². The molecule has 172 valence electrons. The van der Waals surface area contributed by atoms with Crippen LogP contribution >= 0.6 is 0 Å². The molecule has 0 fully saturated rings. The maximum absolute atomic E-state index is 12.1. The van der Waals surface area contributed by atoms with Gasteiger partial charge in [0.2, 0.25) is 5.91 Å². The van der Waals surface area contributed by atoms with Crippen molar-refractivity contribution in [2.45, 2.75) is 13.8 Å². The maximum atomic E-state index is 12.1. The van der Waals surface area contributed by atoms with Crippen LogP contribution in [0.2, 0.25) is 0 Å². The number of nitrogens with zero attached hydrogens (tertiary/aromatic N) is 5. The predicted molar refractivity (Wildman–Crippen MR) is 131 cm³/mol. The van der Waals surface area contributed by atoms with E-state index in [0.717, 1.165) is 27.9 Å². The predicted octanol–water partition coefficient (Wildman–Crippen LogP) is 4.81. The van der Waals surface area contributed by atoms with E-state index in [1.807, 2.05) is 44.2 Å². The van der Waals surface area contributed by atoms with Crippen LogP contribution in [0.15, 0.2) is 65.9 Å². The molecule has 0 aliphatic rings. The minimum Gasteiger partial charge on any atom is -0.472 e. The summed E-state index contributed by atoms with van der Waals surface area (Å²) >= 11 is 0. The van der Waals surface area contributed by atoms with Crippen LogP contribution in [0.3, 0.4) is 0 Å². The highest BCUT2D eigenvalue weighted by Gasteiger charge is 2.18.